The van der Waals surface area contributed by atoms with Crippen molar-refractivity contribution >= 4 is 11.3 Å². The standard InChI is InChI=1S/C13H17N5/c1-2-11(1)17-7-4-10(9-17)16-13-12-3-5-15-18(12)8-6-14-13/h3,5-6,8,10-11H,1-2,4,7,9H2,(H,14,16). The Labute approximate surface area is 106 Å². The predicted molar refractivity (Wildman–Crippen MR) is 69.6 cm³/mol. The average Bonchev–Trinajstić information content (AvgIpc) is 2.94. The molecule has 1 aliphatic heterocycles. The Kier molecular flexibility index (Phi) is 2.26. The first-order chi connectivity index (χ1) is 8.90. The quantitative estimate of drug-likeness (QED) is 0.884. The summed E-state index contributed by atoms with van der Waals surface area (Å²) in [5.74, 6) is 0.956. The van der Waals surface area contributed by atoms with Crippen LogP contribution in [0.25, 0.3) is 5.52 Å². The van der Waals surface area contributed by atoms with Crippen LogP contribution < -0.4 is 5.32 Å². The number of hydrogen-bond donors (Lipinski definition) is 1. The molecule has 2 aliphatic rings. The van der Waals surface area contributed by atoms with Gasteiger partial charge in [-0.1, -0.05) is 0 Å². The Morgan fingerprint density at radius 1 is 1.22 bits per heavy atom. The molecular formula is C13H17N5. The average molecular weight is 243 g/mol. The lowest BCUT2D eigenvalue weighted by Gasteiger charge is -2.16. The summed E-state index contributed by atoms with van der Waals surface area (Å²) in [5.41, 5.74) is 1.06. The van der Waals surface area contributed by atoms with Gasteiger partial charge in [-0.05, 0) is 25.3 Å². The third-order valence-electron chi connectivity index (χ3n) is 3.95. The SMILES string of the molecule is c1cn2nccc2c(NC2CCN(C3CC3)C2)n1. The maximum atomic E-state index is 4.44. The summed E-state index contributed by atoms with van der Waals surface area (Å²) in [6.45, 7) is 2.38. The van der Waals surface area contributed by atoms with Gasteiger partial charge in [0.1, 0.15) is 5.52 Å². The molecule has 0 bridgehead atoms. The molecule has 18 heavy (non-hydrogen) atoms. The van der Waals surface area contributed by atoms with Crippen molar-refractivity contribution in [3.63, 3.8) is 0 Å². The molecule has 1 atom stereocenters. The fraction of sp³-hybridized carbons (Fsp3) is 0.538. The van der Waals surface area contributed by atoms with Crippen LogP contribution in [0.2, 0.25) is 0 Å². The van der Waals surface area contributed by atoms with Crippen LogP contribution in [0.1, 0.15) is 19.3 Å². The lowest BCUT2D eigenvalue weighted by Crippen LogP contribution is -2.28. The van der Waals surface area contributed by atoms with Gasteiger partial charge in [-0.3, -0.25) is 4.90 Å². The van der Waals surface area contributed by atoms with E-state index in [-0.39, 0.29) is 0 Å². The number of hydrogen-bond acceptors (Lipinski definition) is 4. The van der Waals surface area contributed by atoms with E-state index in [1.807, 2.05) is 23.0 Å². The minimum atomic E-state index is 0.527. The van der Waals surface area contributed by atoms with E-state index in [4.69, 9.17) is 0 Å². The minimum absolute atomic E-state index is 0.527. The van der Waals surface area contributed by atoms with Crippen LogP contribution in [-0.2, 0) is 0 Å². The molecule has 1 unspecified atom stereocenters. The first-order valence-corrected chi connectivity index (χ1v) is 6.69. The van der Waals surface area contributed by atoms with Crippen molar-refractivity contribution in [2.75, 3.05) is 18.4 Å². The Morgan fingerprint density at radius 3 is 3.06 bits per heavy atom. The van der Waals surface area contributed by atoms with Crippen molar-refractivity contribution in [1.29, 1.82) is 0 Å². The van der Waals surface area contributed by atoms with E-state index in [0.29, 0.717) is 6.04 Å². The first-order valence-electron chi connectivity index (χ1n) is 6.69. The fourth-order valence-electron chi connectivity index (χ4n) is 2.84. The van der Waals surface area contributed by atoms with Gasteiger partial charge in [0.25, 0.3) is 0 Å². The molecule has 2 aromatic rings. The zero-order chi connectivity index (χ0) is 11.9. The van der Waals surface area contributed by atoms with Crippen LogP contribution in [-0.4, -0.2) is 44.7 Å². The fourth-order valence-corrected chi connectivity index (χ4v) is 2.84. The van der Waals surface area contributed by atoms with Crippen molar-refractivity contribution in [2.45, 2.75) is 31.3 Å². The van der Waals surface area contributed by atoms with Gasteiger partial charge in [-0.15, -0.1) is 0 Å². The van der Waals surface area contributed by atoms with E-state index >= 15 is 0 Å². The van der Waals surface area contributed by atoms with Crippen molar-refractivity contribution in [1.82, 2.24) is 19.5 Å². The molecule has 4 rings (SSSR count). The zero-order valence-corrected chi connectivity index (χ0v) is 10.3. The van der Waals surface area contributed by atoms with Gasteiger partial charge >= 0.3 is 0 Å². The van der Waals surface area contributed by atoms with Gasteiger partial charge in [0.2, 0.25) is 0 Å². The highest BCUT2D eigenvalue weighted by molar-refractivity contribution is 5.67. The van der Waals surface area contributed by atoms with Crippen LogP contribution in [0, 0.1) is 0 Å². The van der Waals surface area contributed by atoms with Crippen molar-refractivity contribution < 1.29 is 0 Å². The molecule has 0 spiro atoms. The van der Waals surface area contributed by atoms with Crippen LogP contribution in [0.5, 0.6) is 0 Å². The Balaban J connectivity index is 1.52. The summed E-state index contributed by atoms with van der Waals surface area (Å²) in [7, 11) is 0. The largest absolute Gasteiger partial charge is 0.364 e. The molecule has 0 amide bonds. The van der Waals surface area contributed by atoms with Gasteiger partial charge in [-0.2, -0.15) is 5.10 Å². The highest BCUT2D eigenvalue weighted by Crippen LogP contribution is 2.30. The maximum absolute atomic E-state index is 4.44. The van der Waals surface area contributed by atoms with E-state index in [1.165, 1.54) is 25.8 Å². The van der Waals surface area contributed by atoms with E-state index < -0.39 is 0 Å². The molecular weight excluding hydrogens is 226 g/mol. The van der Waals surface area contributed by atoms with Crippen molar-refractivity contribution in [2.24, 2.45) is 0 Å². The molecule has 1 N–H and O–H groups in total. The van der Waals surface area contributed by atoms with Gasteiger partial charge < -0.3 is 5.32 Å². The third kappa shape index (κ3) is 1.75. The summed E-state index contributed by atoms with van der Waals surface area (Å²) >= 11 is 0. The highest BCUT2D eigenvalue weighted by atomic mass is 15.3. The summed E-state index contributed by atoms with van der Waals surface area (Å²) < 4.78 is 1.86. The van der Waals surface area contributed by atoms with Gasteiger partial charge in [0.15, 0.2) is 5.82 Å². The Bertz CT molecular complexity index is 559. The van der Waals surface area contributed by atoms with Crippen LogP contribution in [0.4, 0.5) is 5.82 Å². The highest BCUT2D eigenvalue weighted by Gasteiger charge is 2.34. The van der Waals surface area contributed by atoms with Gasteiger partial charge in [-0.25, -0.2) is 9.50 Å². The molecule has 2 aromatic heterocycles. The summed E-state index contributed by atoms with van der Waals surface area (Å²) in [6.07, 6.45) is 9.49. The Morgan fingerprint density at radius 2 is 2.17 bits per heavy atom. The minimum Gasteiger partial charge on any atom is -0.364 e. The maximum Gasteiger partial charge on any atom is 0.152 e. The molecule has 0 radical (unpaired) electrons. The molecule has 1 saturated carbocycles. The molecule has 2 fully saturated rings. The van der Waals surface area contributed by atoms with E-state index in [0.717, 1.165) is 23.9 Å². The van der Waals surface area contributed by atoms with Crippen LogP contribution >= 0.6 is 0 Å². The molecule has 5 nitrogen and oxygen atoms in total. The molecule has 0 aromatic carbocycles. The van der Waals surface area contributed by atoms with Crippen molar-refractivity contribution in [3.05, 3.63) is 24.7 Å². The van der Waals surface area contributed by atoms with Gasteiger partial charge in [0, 0.05) is 37.6 Å². The van der Waals surface area contributed by atoms with Crippen LogP contribution in [0.15, 0.2) is 24.7 Å². The van der Waals surface area contributed by atoms with E-state index in [2.05, 4.69) is 20.3 Å². The summed E-state index contributed by atoms with van der Waals surface area (Å²) in [4.78, 5) is 7.04. The molecule has 94 valence electrons. The number of aromatic nitrogens is 3. The molecule has 1 aliphatic carbocycles. The summed E-state index contributed by atoms with van der Waals surface area (Å²) in [6, 6.07) is 3.40. The number of nitrogens with one attached hydrogen (secondary N) is 1. The predicted octanol–water partition coefficient (Wildman–Crippen LogP) is 1.38. The summed E-state index contributed by atoms with van der Waals surface area (Å²) in [5, 5.41) is 7.80. The topological polar surface area (TPSA) is 45.5 Å². The van der Waals surface area contributed by atoms with Crippen molar-refractivity contribution in [3.8, 4) is 0 Å². The lowest BCUT2D eigenvalue weighted by molar-refractivity contribution is 0.326. The number of nitrogens with zero attached hydrogens (tertiary/aromatic N) is 4. The lowest BCUT2D eigenvalue weighted by atomic mass is 10.2. The second-order valence-corrected chi connectivity index (χ2v) is 5.29. The van der Waals surface area contributed by atoms with Crippen LogP contribution in [0.3, 0.4) is 0 Å². The first kappa shape index (κ1) is 10.3. The normalized spacial score (nSPS) is 24.8. The molecule has 1 saturated heterocycles. The Hall–Kier alpha value is -1.62. The second-order valence-electron chi connectivity index (χ2n) is 5.29. The smallest absolute Gasteiger partial charge is 0.152 e. The zero-order valence-electron chi connectivity index (χ0n) is 10.3. The second kappa shape index (κ2) is 3.95. The number of fused-ring (bicyclic) bond motifs is 1. The van der Waals surface area contributed by atoms with Gasteiger partial charge in [0.05, 0.1) is 6.20 Å². The third-order valence-corrected chi connectivity index (χ3v) is 3.95. The number of likely N-dealkylation sites (tertiary alicyclic amines) is 1. The van der Waals surface area contributed by atoms with E-state index in [9.17, 15) is 0 Å². The number of anilines is 1. The molecule has 5 heteroatoms. The number of rotatable bonds is 3. The monoisotopic (exact) mass is 243 g/mol. The van der Waals surface area contributed by atoms with E-state index in [1.54, 1.807) is 6.20 Å². The molecule has 3 heterocycles.